The van der Waals surface area contributed by atoms with Gasteiger partial charge in [0, 0.05) is 13.6 Å². The first-order chi connectivity index (χ1) is 16.7. The molecule has 0 bridgehead atoms. The fraction of sp³-hybridized carbons (Fsp3) is 0.208. The van der Waals surface area contributed by atoms with Crippen molar-refractivity contribution in [2.45, 2.75) is 25.7 Å². The molecule has 0 spiro atoms. The Morgan fingerprint density at radius 3 is 2.46 bits per heavy atom. The third kappa shape index (κ3) is 5.35. The quantitative estimate of drug-likeness (QED) is 0.432. The predicted molar refractivity (Wildman–Crippen MR) is 123 cm³/mol. The van der Waals surface area contributed by atoms with Gasteiger partial charge >= 0.3 is 6.18 Å². The molecule has 0 saturated heterocycles. The molecule has 0 unspecified atom stereocenters. The van der Waals surface area contributed by atoms with Gasteiger partial charge in [0.1, 0.15) is 17.1 Å². The van der Waals surface area contributed by atoms with Gasteiger partial charge in [0.05, 0.1) is 30.2 Å². The lowest BCUT2D eigenvalue weighted by Crippen LogP contribution is -2.27. The summed E-state index contributed by atoms with van der Waals surface area (Å²) in [5.74, 6) is -0.428. The van der Waals surface area contributed by atoms with E-state index < -0.39 is 23.7 Å². The van der Waals surface area contributed by atoms with Gasteiger partial charge in [0.25, 0.3) is 5.91 Å². The molecule has 35 heavy (non-hydrogen) atoms. The van der Waals surface area contributed by atoms with Crippen molar-refractivity contribution in [1.82, 2.24) is 30.3 Å². The van der Waals surface area contributed by atoms with Crippen LogP contribution >= 0.6 is 0 Å². The van der Waals surface area contributed by atoms with Gasteiger partial charge in [0.15, 0.2) is 0 Å². The van der Waals surface area contributed by atoms with E-state index in [1.807, 2.05) is 0 Å². The van der Waals surface area contributed by atoms with Gasteiger partial charge in [-0.05, 0) is 41.3 Å². The Balaban J connectivity index is 1.51. The summed E-state index contributed by atoms with van der Waals surface area (Å²) < 4.78 is 39.6. The fourth-order valence-corrected chi connectivity index (χ4v) is 3.57. The number of alkyl halides is 3. The molecule has 0 aliphatic carbocycles. The van der Waals surface area contributed by atoms with E-state index in [1.54, 1.807) is 38.2 Å². The summed E-state index contributed by atoms with van der Waals surface area (Å²) in [5, 5.41) is 11.0. The number of hydrogen-bond donors (Lipinski definition) is 2. The van der Waals surface area contributed by atoms with Crippen LogP contribution in [0.25, 0.3) is 22.5 Å². The summed E-state index contributed by atoms with van der Waals surface area (Å²) in [6.07, 6.45) is -0.0798. The molecule has 0 aliphatic heterocycles. The molecule has 8 nitrogen and oxygen atoms in total. The van der Waals surface area contributed by atoms with E-state index in [2.05, 4.69) is 25.5 Å². The highest BCUT2D eigenvalue weighted by atomic mass is 19.4. The van der Waals surface area contributed by atoms with E-state index in [9.17, 15) is 18.0 Å². The first-order valence-corrected chi connectivity index (χ1v) is 10.7. The van der Waals surface area contributed by atoms with Crippen LogP contribution in [-0.2, 0) is 19.8 Å². The molecule has 2 aromatic heterocycles. The molecule has 3 N–H and O–H groups in total. The molecule has 11 heteroatoms. The van der Waals surface area contributed by atoms with Gasteiger partial charge in [-0.2, -0.15) is 28.2 Å². The van der Waals surface area contributed by atoms with Crippen molar-refractivity contribution in [2.24, 2.45) is 12.8 Å². The largest absolute Gasteiger partial charge is 0.416 e. The molecule has 0 fully saturated rings. The Hall–Kier alpha value is -4.12. The Morgan fingerprint density at radius 1 is 1.09 bits per heavy atom. The number of aromatic nitrogens is 5. The van der Waals surface area contributed by atoms with Crippen LogP contribution in [0.2, 0.25) is 0 Å². The highest BCUT2D eigenvalue weighted by molar-refractivity contribution is 5.92. The summed E-state index contributed by atoms with van der Waals surface area (Å²) in [6, 6.07) is 10.1. The van der Waals surface area contributed by atoms with Crippen molar-refractivity contribution in [3.63, 3.8) is 0 Å². The monoisotopic (exact) mass is 481 g/mol. The molecule has 4 aromatic rings. The normalized spacial score (nSPS) is 12.4. The third-order valence-corrected chi connectivity index (χ3v) is 5.46. The summed E-state index contributed by atoms with van der Waals surface area (Å²) in [6.45, 7) is 1.90. The molecule has 4 rings (SSSR count). The minimum Gasteiger partial charge on any atom is -0.344 e. The molecule has 1 atom stereocenters. The molecular weight excluding hydrogens is 459 g/mol. The Kier molecular flexibility index (Phi) is 6.61. The van der Waals surface area contributed by atoms with Gasteiger partial charge in [-0.1, -0.05) is 30.3 Å². The second-order valence-corrected chi connectivity index (χ2v) is 7.90. The van der Waals surface area contributed by atoms with Crippen molar-refractivity contribution in [3.8, 4) is 22.5 Å². The third-order valence-electron chi connectivity index (χ3n) is 5.46. The highest BCUT2D eigenvalue weighted by Gasteiger charge is 2.31. The standard InChI is InChI=1S/C24H22F3N7O/c1-14(31-23(35)22-12-29-11-20(32-22)21-13-30-34(2)33-21)15-3-5-16(6-4-15)19-9-18(24(25,26)27)8-7-17(19)10-28/h3-9,11-14H,10,28H2,1-2H3,(H,31,35)/t14-/m1/s1. The molecule has 0 saturated carbocycles. The minimum absolute atomic E-state index is 0.107. The van der Waals surface area contributed by atoms with Crippen LogP contribution in [0.1, 0.15) is 40.1 Å². The molecular formula is C24H22F3N7O. The van der Waals surface area contributed by atoms with Crippen LogP contribution in [0.3, 0.4) is 0 Å². The van der Waals surface area contributed by atoms with E-state index in [4.69, 9.17) is 5.73 Å². The topological polar surface area (TPSA) is 112 Å². The molecule has 2 aromatic carbocycles. The van der Waals surface area contributed by atoms with Crippen LogP contribution in [0.4, 0.5) is 13.2 Å². The Bertz CT molecular complexity index is 1350. The first kappa shape index (κ1) is 24.0. The molecule has 2 heterocycles. The molecule has 180 valence electrons. The number of nitrogens with one attached hydrogen (secondary N) is 1. The van der Waals surface area contributed by atoms with Gasteiger partial charge in [0.2, 0.25) is 0 Å². The van der Waals surface area contributed by atoms with Crippen LogP contribution in [0.5, 0.6) is 0 Å². The Morgan fingerprint density at radius 2 is 1.83 bits per heavy atom. The van der Waals surface area contributed by atoms with Crippen molar-refractivity contribution < 1.29 is 18.0 Å². The lowest BCUT2D eigenvalue weighted by molar-refractivity contribution is -0.137. The lowest BCUT2D eigenvalue weighted by Gasteiger charge is -2.16. The van der Waals surface area contributed by atoms with Gasteiger partial charge < -0.3 is 11.1 Å². The number of aryl methyl sites for hydroxylation is 1. The van der Waals surface area contributed by atoms with E-state index >= 15 is 0 Å². The predicted octanol–water partition coefficient (Wildman–Crippen LogP) is 3.91. The fourth-order valence-electron chi connectivity index (χ4n) is 3.57. The van der Waals surface area contributed by atoms with Crippen LogP contribution in [0, 0.1) is 0 Å². The van der Waals surface area contributed by atoms with Crippen molar-refractivity contribution in [1.29, 1.82) is 0 Å². The van der Waals surface area contributed by atoms with Crippen LogP contribution < -0.4 is 11.1 Å². The van der Waals surface area contributed by atoms with E-state index in [0.29, 0.717) is 28.1 Å². The van der Waals surface area contributed by atoms with E-state index in [-0.39, 0.29) is 12.2 Å². The number of carbonyl (C=O) groups excluding carboxylic acids is 1. The summed E-state index contributed by atoms with van der Waals surface area (Å²) >= 11 is 0. The van der Waals surface area contributed by atoms with Gasteiger partial charge in [-0.15, -0.1) is 0 Å². The average molecular weight is 481 g/mol. The summed E-state index contributed by atoms with van der Waals surface area (Å²) in [4.78, 5) is 22.5. The second-order valence-electron chi connectivity index (χ2n) is 7.90. The number of nitrogens with zero attached hydrogens (tertiary/aromatic N) is 5. The highest BCUT2D eigenvalue weighted by Crippen LogP contribution is 2.34. The number of carbonyl (C=O) groups is 1. The number of hydrogen-bond acceptors (Lipinski definition) is 6. The molecule has 1 amide bonds. The maximum atomic E-state index is 13.2. The number of nitrogens with two attached hydrogens (primary N) is 1. The maximum absolute atomic E-state index is 13.2. The summed E-state index contributed by atoms with van der Waals surface area (Å²) in [7, 11) is 1.67. The van der Waals surface area contributed by atoms with Crippen molar-refractivity contribution >= 4 is 5.91 Å². The molecule has 0 radical (unpaired) electrons. The lowest BCUT2D eigenvalue weighted by atomic mass is 9.95. The van der Waals surface area contributed by atoms with Gasteiger partial charge in [-0.25, -0.2) is 4.98 Å². The zero-order valence-electron chi connectivity index (χ0n) is 18.9. The number of rotatable bonds is 6. The molecule has 0 aliphatic rings. The number of benzene rings is 2. The van der Waals surface area contributed by atoms with E-state index in [0.717, 1.165) is 17.7 Å². The van der Waals surface area contributed by atoms with Crippen LogP contribution in [0.15, 0.2) is 61.1 Å². The van der Waals surface area contributed by atoms with Gasteiger partial charge in [-0.3, -0.25) is 9.78 Å². The SMILES string of the molecule is C[C@@H](NC(=O)c1cncc(-c2cnn(C)n2)n1)c1ccc(-c2cc(C(F)(F)F)ccc2CN)cc1. The van der Waals surface area contributed by atoms with Crippen molar-refractivity contribution in [2.75, 3.05) is 0 Å². The zero-order valence-corrected chi connectivity index (χ0v) is 18.9. The van der Waals surface area contributed by atoms with Crippen LogP contribution in [-0.4, -0.2) is 30.9 Å². The second kappa shape index (κ2) is 9.63. The number of halogens is 3. The Labute approximate surface area is 199 Å². The van der Waals surface area contributed by atoms with E-state index in [1.165, 1.54) is 29.5 Å². The minimum atomic E-state index is -4.45. The maximum Gasteiger partial charge on any atom is 0.416 e. The number of amides is 1. The first-order valence-electron chi connectivity index (χ1n) is 10.7. The average Bonchev–Trinajstić information content (AvgIpc) is 3.29. The van der Waals surface area contributed by atoms with Crippen molar-refractivity contribution in [3.05, 3.63) is 83.4 Å². The zero-order chi connectivity index (χ0) is 25.2. The summed E-state index contributed by atoms with van der Waals surface area (Å²) in [5.41, 5.74) is 8.41. The smallest absolute Gasteiger partial charge is 0.344 e.